The number of carbonyl (C=O) groups is 1. The molecule has 0 aromatic heterocycles. The molecule has 1 heterocycles. The van der Waals surface area contributed by atoms with Gasteiger partial charge in [0, 0.05) is 12.2 Å². The van der Waals surface area contributed by atoms with Crippen LogP contribution in [0.2, 0.25) is 0 Å². The Morgan fingerprint density at radius 3 is 2.68 bits per heavy atom. The van der Waals surface area contributed by atoms with Crippen molar-refractivity contribution < 1.29 is 14.6 Å². The fourth-order valence-corrected chi connectivity index (χ4v) is 2.98. The van der Waals surface area contributed by atoms with E-state index in [9.17, 15) is 9.90 Å². The Morgan fingerprint density at radius 2 is 2.04 bits per heavy atom. The summed E-state index contributed by atoms with van der Waals surface area (Å²) in [5.74, 6) is 0.646. The fraction of sp³-hybridized carbons (Fsp3) is 0.350. The monoisotopic (exact) mass is 340 g/mol. The number of nitrogens with one attached hydrogen (secondary N) is 2. The first-order valence-corrected chi connectivity index (χ1v) is 8.57. The maximum atomic E-state index is 12.2. The Balaban J connectivity index is 1.63. The van der Waals surface area contributed by atoms with Crippen LogP contribution in [0.4, 0.5) is 5.69 Å². The highest BCUT2D eigenvalue weighted by Crippen LogP contribution is 2.26. The molecule has 0 aliphatic carbocycles. The maximum Gasteiger partial charge on any atom is 0.241 e. The van der Waals surface area contributed by atoms with Crippen LogP contribution in [0, 0.1) is 6.92 Å². The minimum absolute atomic E-state index is 0.0507. The molecule has 1 aliphatic rings. The number of hydrogen-bond acceptors (Lipinski definition) is 4. The quantitative estimate of drug-likeness (QED) is 0.783. The summed E-state index contributed by atoms with van der Waals surface area (Å²) < 4.78 is 6.00. The third-order valence-electron chi connectivity index (χ3n) is 4.46. The van der Waals surface area contributed by atoms with Crippen molar-refractivity contribution in [2.75, 3.05) is 11.9 Å². The van der Waals surface area contributed by atoms with Gasteiger partial charge in [-0.15, -0.1) is 0 Å². The Morgan fingerprint density at radius 1 is 1.28 bits per heavy atom. The largest absolute Gasteiger partial charge is 0.486 e. The lowest BCUT2D eigenvalue weighted by atomic mass is 10.1. The van der Waals surface area contributed by atoms with Crippen molar-refractivity contribution in [3.8, 4) is 5.75 Å². The van der Waals surface area contributed by atoms with Crippen molar-refractivity contribution in [3.63, 3.8) is 0 Å². The lowest BCUT2D eigenvalue weighted by Gasteiger charge is -2.17. The molecule has 25 heavy (non-hydrogen) atoms. The van der Waals surface area contributed by atoms with E-state index in [1.165, 1.54) is 0 Å². The second-order valence-electron chi connectivity index (χ2n) is 6.49. The summed E-state index contributed by atoms with van der Waals surface area (Å²) in [5.41, 5.74) is 2.81. The molecule has 0 radical (unpaired) electrons. The number of aliphatic hydroxyl groups is 1. The number of carbonyl (C=O) groups excluding carboxylic acids is 1. The summed E-state index contributed by atoms with van der Waals surface area (Å²) in [4.78, 5) is 12.2. The zero-order valence-corrected chi connectivity index (χ0v) is 14.5. The zero-order chi connectivity index (χ0) is 17.8. The first kappa shape index (κ1) is 17.5. The van der Waals surface area contributed by atoms with E-state index in [1.54, 1.807) is 0 Å². The normalized spacial score (nSPS) is 20.9. The van der Waals surface area contributed by atoms with Crippen LogP contribution in [0.25, 0.3) is 0 Å². The van der Waals surface area contributed by atoms with Crippen molar-refractivity contribution in [2.45, 2.75) is 38.5 Å². The van der Waals surface area contributed by atoms with E-state index >= 15 is 0 Å². The molecule has 2 aromatic carbocycles. The molecule has 3 N–H and O–H groups in total. The number of aryl methyl sites for hydroxylation is 1. The van der Waals surface area contributed by atoms with Gasteiger partial charge in [0.05, 0.1) is 12.1 Å². The van der Waals surface area contributed by atoms with Crippen molar-refractivity contribution in [2.24, 2.45) is 0 Å². The molecule has 0 saturated carbocycles. The minimum Gasteiger partial charge on any atom is -0.486 e. The van der Waals surface area contributed by atoms with Crippen molar-refractivity contribution >= 4 is 11.6 Å². The van der Waals surface area contributed by atoms with Gasteiger partial charge in [-0.1, -0.05) is 30.3 Å². The molecule has 5 heteroatoms. The van der Waals surface area contributed by atoms with E-state index in [2.05, 4.69) is 10.6 Å². The van der Waals surface area contributed by atoms with E-state index < -0.39 is 6.10 Å². The SMILES string of the molecule is Cc1cc(OC(C)c2ccccc2)ccc1NC(=O)C1CC(O)CN1. The van der Waals surface area contributed by atoms with E-state index in [4.69, 9.17) is 4.74 Å². The number of rotatable bonds is 5. The Hall–Kier alpha value is -2.37. The smallest absolute Gasteiger partial charge is 0.241 e. The topological polar surface area (TPSA) is 70.6 Å². The van der Waals surface area contributed by atoms with Gasteiger partial charge in [-0.2, -0.15) is 0 Å². The number of benzene rings is 2. The molecule has 1 aliphatic heterocycles. The molecule has 3 unspecified atom stereocenters. The molecule has 5 nitrogen and oxygen atoms in total. The van der Waals surface area contributed by atoms with Crippen LogP contribution in [0.3, 0.4) is 0 Å². The Kier molecular flexibility index (Phi) is 5.36. The lowest BCUT2D eigenvalue weighted by molar-refractivity contribution is -0.117. The van der Waals surface area contributed by atoms with Gasteiger partial charge in [-0.05, 0) is 49.6 Å². The highest BCUT2D eigenvalue weighted by molar-refractivity contribution is 5.95. The van der Waals surface area contributed by atoms with Crippen LogP contribution in [0.15, 0.2) is 48.5 Å². The Labute approximate surface area is 148 Å². The Bertz CT molecular complexity index is 733. The van der Waals surface area contributed by atoms with Crippen LogP contribution < -0.4 is 15.4 Å². The number of amides is 1. The summed E-state index contributed by atoms with van der Waals surface area (Å²) >= 11 is 0. The third-order valence-corrected chi connectivity index (χ3v) is 4.46. The van der Waals surface area contributed by atoms with E-state index in [1.807, 2.05) is 62.4 Å². The van der Waals surface area contributed by atoms with Gasteiger partial charge in [-0.3, -0.25) is 4.79 Å². The van der Waals surface area contributed by atoms with Gasteiger partial charge in [0.25, 0.3) is 0 Å². The second kappa shape index (κ2) is 7.68. The van der Waals surface area contributed by atoms with Crippen LogP contribution in [-0.4, -0.2) is 29.7 Å². The van der Waals surface area contributed by atoms with Gasteiger partial charge < -0.3 is 20.5 Å². The van der Waals surface area contributed by atoms with Crippen LogP contribution >= 0.6 is 0 Å². The zero-order valence-electron chi connectivity index (χ0n) is 14.5. The molecule has 132 valence electrons. The highest BCUT2D eigenvalue weighted by Gasteiger charge is 2.28. The predicted octanol–water partition coefficient (Wildman–Crippen LogP) is 2.80. The molecule has 1 amide bonds. The second-order valence-corrected chi connectivity index (χ2v) is 6.49. The maximum absolute atomic E-state index is 12.2. The molecule has 2 aromatic rings. The third kappa shape index (κ3) is 4.38. The average Bonchev–Trinajstić information content (AvgIpc) is 3.04. The summed E-state index contributed by atoms with van der Waals surface area (Å²) in [6.07, 6.45) is -0.0574. The summed E-state index contributed by atoms with van der Waals surface area (Å²) in [5, 5.41) is 15.5. The number of ether oxygens (including phenoxy) is 1. The lowest BCUT2D eigenvalue weighted by Crippen LogP contribution is -2.35. The number of hydrogen-bond donors (Lipinski definition) is 3. The van der Waals surface area contributed by atoms with Crippen molar-refractivity contribution in [1.82, 2.24) is 5.32 Å². The van der Waals surface area contributed by atoms with Gasteiger partial charge in [0.1, 0.15) is 11.9 Å². The molecule has 1 saturated heterocycles. The molecule has 3 rings (SSSR count). The summed E-state index contributed by atoms with van der Waals surface area (Å²) in [6, 6.07) is 15.3. The van der Waals surface area contributed by atoms with E-state index in [0.717, 1.165) is 22.6 Å². The summed E-state index contributed by atoms with van der Waals surface area (Å²) in [6.45, 7) is 4.41. The molecule has 3 atom stereocenters. The van der Waals surface area contributed by atoms with Crippen molar-refractivity contribution in [3.05, 3.63) is 59.7 Å². The van der Waals surface area contributed by atoms with E-state index in [-0.39, 0.29) is 18.1 Å². The molecular weight excluding hydrogens is 316 g/mol. The molecule has 1 fully saturated rings. The predicted molar refractivity (Wildman–Crippen MR) is 97.7 cm³/mol. The first-order valence-electron chi connectivity index (χ1n) is 8.57. The van der Waals surface area contributed by atoms with Crippen LogP contribution in [0.5, 0.6) is 5.75 Å². The first-order chi connectivity index (χ1) is 12.0. The van der Waals surface area contributed by atoms with Crippen molar-refractivity contribution in [1.29, 1.82) is 0 Å². The van der Waals surface area contributed by atoms with Gasteiger partial charge in [-0.25, -0.2) is 0 Å². The van der Waals surface area contributed by atoms with Crippen LogP contribution in [0.1, 0.15) is 30.6 Å². The van der Waals surface area contributed by atoms with Gasteiger partial charge in [0.2, 0.25) is 5.91 Å². The van der Waals surface area contributed by atoms with Crippen LogP contribution in [-0.2, 0) is 4.79 Å². The minimum atomic E-state index is -0.452. The fourth-order valence-electron chi connectivity index (χ4n) is 2.98. The average molecular weight is 340 g/mol. The van der Waals surface area contributed by atoms with Gasteiger partial charge >= 0.3 is 0 Å². The van der Waals surface area contributed by atoms with Gasteiger partial charge in [0.15, 0.2) is 0 Å². The number of anilines is 1. The summed E-state index contributed by atoms with van der Waals surface area (Å²) in [7, 11) is 0. The standard InChI is InChI=1S/C20H24N2O3/c1-13-10-17(25-14(2)15-6-4-3-5-7-15)8-9-18(13)22-20(24)19-11-16(23)12-21-19/h3-10,14,16,19,21,23H,11-12H2,1-2H3,(H,22,24). The number of aliphatic hydroxyl groups excluding tert-OH is 1. The number of β-amino-alcohol motifs (C(OH)–C–C–N with tert-alkyl or cyclic N) is 1. The molecule has 0 bridgehead atoms. The highest BCUT2D eigenvalue weighted by atomic mass is 16.5. The molecule has 0 spiro atoms. The van der Waals surface area contributed by atoms with E-state index in [0.29, 0.717) is 13.0 Å². The molecular formula is C20H24N2O3.